The van der Waals surface area contributed by atoms with E-state index in [1.54, 1.807) is 18.2 Å². The first kappa shape index (κ1) is 31.1. The van der Waals surface area contributed by atoms with Gasteiger partial charge in [0.15, 0.2) is 17.3 Å². The number of dihydropyridines is 1. The minimum absolute atomic E-state index is 0.0189. The molecule has 0 saturated carbocycles. The highest BCUT2D eigenvalue weighted by Gasteiger charge is 2.27. The summed E-state index contributed by atoms with van der Waals surface area (Å²) in [6.45, 7) is 19.5. The minimum atomic E-state index is -0.291. The first-order valence-corrected chi connectivity index (χ1v) is 13.4. The van der Waals surface area contributed by atoms with Gasteiger partial charge >= 0.3 is 0 Å². The van der Waals surface area contributed by atoms with Crippen LogP contribution in [0.15, 0.2) is 45.6 Å². The molecule has 0 radical (unpaired) electrons. The molecule has 1 aromatic carbocycles. The van der Waals surface area contributed by atoms with Gasteiger partial charge in [-0.25, -0.2) is 4.99 Å². The number of aliphatic hydroxyl groups excluding tert-OH is 1. The number of carbonyl (C=O) groups is 1. The Kier molecular flexibility index (Phi) is 11.6. The molecule has 1 aliphatic heterocycles. The molecule has 1 aliphatic rings. The lowest BCUT2D eigenvalue weighted by Gasteiger charge is -2.26. The number of Topliss-reactive ketones (excluding diaryl/α,β-unsaturated/α-hetero) is 1. The van der Waals surface area contributed by atoms with Crippen molar-refractivity contribution in [3.05, 3.63) is 46.7 Å². The van der Waals surface area contributed by atoms with Crippen molar-refractivity contribution in [3.63, 3.8) is 0 Å². The normalized spacial score (nSPS) is 14.9. The molecule has 2 rings (SSSR count). The first-order valence-electron chi connectivity index (χ1n) is 13.4. The molecule has 0 fully saturated rings. The van der Waals surface area contributed by atoms with Crippen molar-refractivity contribution in [2.75, 3.05) is 40.0 Å². The van der Waals surface area contributed by atoms with Gasteiger partial charge < -0.3 is 19.3 Å². The number of allylic oxidation sites excluding steroid dienone is 1. The van der Waals surface area contributed by atoms with E-state index in [1.807, 2.05) is 19.9 Å². The molecule has 0 unspecified atom stereocenters. The zero-order valence-electron chi connectivity index (χ0n) is 24.4. The van der Waals surface area contributed by atoms with Crippen molar-refractivity contribution in [3.8, 4) is 11.5 Å². The second-order valence-corrected chi connectivity index (χ2v) is 10.2. The van der Waals surface area contributed by atoms with Crippen LogP contribution in [0.25, 0.3) is 0 Å². The second kappa shape index (κ2) is 14.1. The number of aliphatic imine (C=N–C) groups is 1. The molecule has 8 nitrogen and oxygen atoms in total. The lowest BCUT2D eigenvalue weighted by molar-refractivity contribution is 0.0950. The molecule has 0 amide bonds. The highest BCUT2D eigenvalue weighted by atomic mass is 16.5. The molecule has 0 aliphatic carbocycles. The van der Waals surface area contributed by atoms with Gasteiger partial charge in [-0.1, -0.05) is 41.2 Å². The number of benzene rings is 1. The maximum atomic E-state index is 13.6. The van der Waals surface area contributed by atoms with Crippen molar-refractivity contribution < 1.29 is 24.1 Å². The highest BCUT2D eigenvalue weighted by Crippen LogP contribution is 2.40. The van der Waals surface area contributed by atoms with Gasteiger partial charge in [0.1, 0.15) is 6.54 Å². The van der Waals surface area contributed by atoms with Crippen LogP contribution in [0.4, 0.5) is 0 Å². The number of ether oxygens (including phenoxy) is 3. The second-order valence-electron chi connectivity index (χ2n) is 10.2. The van der Waals surface area contributed by atoms with Gasteiger partial charge in [-0.05, 0) is 49.8 Å². The largest absolute Gasteiger partial charge is 0.493 e. The Hall–Kier alpha value is -3.13. The Bertz CT molecular complexity index is 1100. The summed E-state index contributed by atoms with van der Waals surface area (Å²) in [7, 11) is 1.59. The van der Waals surface area contributed by atoms with Gasteiger partial charge in [0.05, 0.1) is 32.6 Å². The van der Waals surface area contributed by atoms with E-state index in [0.29, 0.717) is 54.8 Å². The van der Waals surface area contributed by atoms with Crippen LogP contribution < -0.4 is 9.47 Å². The Balaban J connectivity index is 2.47. The predicted octanol–water partition coefficient (Wildman–Crippen LogP) is 5.69. The van der Waals surface area contributed by atoms with Gasteiger partial charge in [-0.15, -0.1) is 0 Å². The molecule has 1 heterocycles. The Morgan fingerprint density at radius 3 is 2.37 bits per heavy atom. The smallest absolute Gasteiger partial charge is 0.212 e. The quantitative estimate of drug-likeness (QED) is 0.201. The zero-order chi connectivity index (χ0) is 28.5. The van der Waals surface area contributed by atoms with Crippen LogP contribution in [0.2, 0.25) is 0 Å². The Labute approximate surface area is 228 Å². The maximum Gasteiger partial charge on any atom is 0.212 e. The van der Waals surface area contributed by atoms with E-state index in [2.05, 4.69) is 46.2 Å². The van der Waals surface area contributed by atoms with Crippen LogP contribution in [0.5, 0.6) is 11.5 Å². The van der Waals surface area contributed by atoms with Gasteiger partial charge in [0.2, 0.25) is 5.90 Å². The number of hydrogen-bond acceptors (Lipinski definition) is 8. The third-order valence-electron chi connectivity index (χ3n) is 6.26. The summed E-state index contributed by atoms with van der Waals surface area (Å²) in [5, 5.41) is 15.7. The van der Waals surface area contributed by atoms with Crippen molar-refractivity contribution in [2.45, 2.75) is 73.1 Å². The van der Waals surface area contributed by atoms with Gasteiger partial charge in [0, 0.05) is 35.4 Å². The molecule has 0 spiro atoms. The summed E-state index contributed by atoms with van der Waals surface area (Å²) >= 11 is 0. The van der Waals surface area contributed by atoms with Crippen LogP contribution in [0.1, 0.15) is 83.7 Å². The minimum Gasteiger partial charge on any atom is -0.493 e. The molecule has 0 bridgehead atoms. The molecule has 210 valence electrons. The molecule has 0 atom stereocenters. The summed E-state index contributed by atoms with van der Waals surface area (Å²) in [4.78, 5) is 18.2. The van der Waals surface area contributed by atoms with Gasteiger partial charge in [-0.3, -0.25) is 9.80 Å². The SMILES string of the molecule is C=C(C)N(CC(=O)c1cc(OCCCO)c(OC)c(C(C)(C)C)c1)/N=C1\CN=C(OCC)C(CC)=C1CC. The molecule has 0 saturated heterocycles. The number of methoxy groups -OCH3 is 1. The van der Waals surface area contributed by atoms with Crippen molar-refractivity contribution in [1.29, 1.82) is 0 Å². The number of hydrogen-bond donors (Lipinski definition) is 1. The van der Waals surface area contributed by atoms with Gasteiger partial charge in [-0.2, -0.15) is 5.10 Å². The van der Waals surface area contributed by atoms with Crippen LogP contribution in [-0.2, 0) is 10.2 Å². The van der Waals surface area contributed by atoms with E-state index in [-0.39, 0.29) is 24.3 Å². The van der Waals surface area contributed by atoms with Crippen molar-refractivity contribution in [2.24, 2.45) is 10.1 Å². The van der Waals surface area contributed by atoms with E-state index in [0.717, 1.165) is 35.3 Å². The third-order valence-corrected chi connectivity index (χ3v) is 6.26. The third kappa shape index (κ3) is 7.69. The number of aliphatic hydroxyl groups is 1. The van der Waals surface area contributed by atoms with E-state index in [4.69, 9.17) is 19.3 Å². The van der Waals surface area contributed by atoms with Crippen LogP contribution in [-0.4, -0.2) is 67.5 Å². The Morgan fingerprint density at radius 2 is 1.84 bits per heavy atom. The molecule has 38 heavy (non-hydrogen) atoms. The number of hydrazone groups is 1. The number of carbonyl (C=O) groups excluding carboxylic acids is 1. The average molecular weight is 528 g/mol. The zero-order valence-corrected chi connectivity index (χ0v) is 24.4. The molecule has 0 aromatic heterocycles. The molecule has 8 heteroatoms. The monoisotopic (exact) mass is 527 g/mol. The fourth-order valence-corrected chi connectivity index (χ4v) is 4.30. The average Bonchev–Trinajstić information content (AvgIpc) is 2.87. The fraction of sp³-hybridized carbons (Fsp3) is 0.567. The van der Waals surface area contributed by atoms with Crippen LogP contribution >= 0.6 is 0 Å². The van der Waals surface area contributed by atoms with Crippen molar-refractivity contribution >= 4 is 17.4 Å². The highest BCUT2D eigenvalue weighted by molar-refractivity contribution is 6.12. The molecule has 1 N–H and O–H groups in total. The van der Waals surface area contributed by atoms with Crippen LogP contribution in [0.3, 0.4) is 0 Å². The van der Waals surface area contributed by atoms with E-state index in [1.165, 1.54) is 0 Å². The topological polar surface area (TPSA) is 93.0 Å². The summed E-state index contributed by atoms with van der Waals surface area (Å²) in [6.07, 6.45) is 2.05. The standard InChI is InChI=1S/C30H45N3O5/c1-10-22-23(11-2)29(37-12-3)31-18-25(22)32-33(20(4)5)19-26(35)21-16-24(30(6,7)8)28(36-9)27(17-21)38-15-13-14-34/h16-17,34H,4,10-15,18-19H2,1-3,5-9H3/b32-25+. The summed E-state index contributed by atoms with van der Waals surface area (Å²) < 4.78 is 17.4. The van der Waals surface area contributed by atoms with Crippen LogP contribution in [0, 0.1) is 0 Å². The number of rotatable bonds is 13. The molecule has 1 aromatic rings. The van der Waals surface area contributed by atoms with E-state index >= 15 is 0 Å². The Morgan fingerprint density at radius 1 is 1.16 bits per heavy atom. The maximum absolute atomic E-state index is 13.6. The van der Waals surface area contributed by atoms with E-state index in [9.17, 15) is 9.90 Å². The lowest BCUT2D eigenvalue weighted by atomic mass is 9.84. The van der Waals surface area contributed by atoms with E-state index < -0.39 is 0 Å². The number of ketones is 1. The first-order chi connectivity index (χ1) is 18.0. The summed E-state index contributed by atoms with van der Waals surface area (Å²) in [5.41, 5.74) is 4.71. The summed E-state index contributed by atoms with van der Waals surface area (Å²) in [5.74, 6) is 1.65. The van der Waals surface area contributed by atoms with Crippen molar-refractivity contribution in [1.82, 2.24) is 5.01 Å². The fourth-order valence-electron chi connectivity index (χ4n) is 4.30. The predicted molar refractivity (Wildman–Crippen MR) is 154 cm³/mol. The summed E-state index contributed by atoms with van der Waals surface area (Å²) in [6, 6.07) is 3.58. The number of nitrogens with zero attached hydrogens (tertiary/aromatic N) is 3. The molecular formula is C30H45N3O5. The van der Waals surface area contributed by atoms with Gasteiger partial charge in [0.25, 0.3) is 0 Å². The lowest BCUT2D eigenvalue weighted by Crippen LogP contribution is -2.29. The molecular weight excluding hydrogens is 482 g/mol.